The molecule has 0 atom stereocenters. The van der Waals surface area contributed by atoms with Crippen LogP contribution in [0.15, 0.2) is 0 Å². The van der Waals surface area contributed by atoms with Crippen LogP contribution < -0.4 is 0 Å². The molecule has 0 aromatic rings. The topological polar surface area (TPSA) is 23.8 Å². The van der Waals surface area contributed by atoms with Crippen molar-refractivity contribution >= 4 is 22.6 Å². The Bertz CT molecular complexity index is 100. The Labute approximate surface area is 44.1 Å². The second-order valence-corrected chi connectivity index (χ2v) is 0.871. The Hall–Kier alpha value is -0.220. The van der Waals surface area contributed by atoms with E-state index in [2.05, 4.69) is 9.85 Å². The molecule has 5 heavy (non-hydrogen) atoms. The lowest BCUT2D eigenvalue weighted by Crippen LogP contribution is -1.32. The van der Waals surface area contributed by atoms with Gasteiger partial charge in [0.2, 0.25) is 0 Å². The van der Waals surface area contributed by atoms with Crippen molar-refractivity contribution in [3.63, 3.8) is 0 Å². The smallest absolute Gasteiger partial charge is 0.153 e. The summed E-state index contributed by atoms with van der Waals surface area (Å²) >= 11 is 1.80. The van der Waals surface area contributed by atoms with E-state index in [1.807, 2.05) is 0 Å². The van der Waals surface area contributed by atoms with Crippen LogP contribution in [0.25, 0.3) is 0 Å². The SMILES string of the molecule is N#CC#CI. The molecule has 0 radical (unpaired) electrons. The fraction of sp³-hybridized carbons (Fsp3) is 0. The quantitative estimate of drug-likeness (QED) is 0.398. The molecule has 0 spiro atoms. The predicted molar refractivity (Wildman–Crippen MR) is 27.4 cm³/mol. The third-order valence-electron chi connectivity index (χ3n) is 0.103. The van der Waals surface area contributed by atoms with E-state index in [0.717, 1.165) is 0 Å². The zero-order valence-corrected chi connectivity index (χ0v) is 4.48. The minimum absolute atomic E-state index is 1.65. The van der Waals surface area contributed by atoms with Gasteiger partial charge in [0.15, 0.2) is 6.07 Å². The van der Waals surface area contributed by atoms with Crippen molar-refractivity contribution in [2.75, 3.05) is 0 Å². The van der Waals surface area contributed by atoms with Gasteiger partial charge in [-0.25, -0.2) is 0 Å². The third kappa shape index (κ3) is 3.78. The second kappa shape index (κ2) is 3.78. The van der Waals surface area contributed by atoms with Crippen molar-refractivity contribution in [1.29, 1.82) is 5.26 Å². The minimum Gasteiger partial charge on any atom is -0.183 e. The van der Waals surface area contributed by atoms with Crippen LogP contribution in [0.4, 0.5) is 0 Å². The number of nitriles is 1. The summed E-state index contributed by atoms with van der Waals surface area (Å²) in [5, 5.41) is 7.64. The summed E-state index contributed by atoms with van der Waals surface area (Å²) in [5.41, 5.74) is 0. The van der Waals surface area contributed by atoms with Crippen molar-refractivity contribution in [3.05, 3.63) is 0 Å². The molecule has 24 valence electrons. The Morgan fingerprint density at radius 2 is 2.20 bits per heavy atom. The van der Waals surface area contributed by atoms with Gasteiger partial charge in [0.25, 0.3) is 0 Å². The lowest BCUT2D eigenvalue weighted by Gasteiger charge is -1.35. The first-order valence-electron chi connectivity index (χ1n) is 0.913. The average Bonchev–Trinajstić information content (AvgIpc) is 1.41. The molecule has 0 unspecified atom stereocenters. The van der Waals surface area contributed by atoms with E-state index in [-0.39, 0.29) is 0 Å². The molecular weight excluding hydrogens is 177 g/mol. The fourth-order valence-electron chi connectivity index (χ4n) is 0.0211. The standard InChI is InChI=1S/C3IN/c4-2-1-3-5. The van der Waals surface area contributed by atoms with Gasteiger partial charge in [-0.1, -0.05) is 0 Å². The largest absolute Gasteiger partial charge is 0.183 e. The summed E-state index contributed by atoms with van der Waals surface area (Å²) < 4.78 is 2.38. The molecule has 0 bridgehead atoms. The van der Waals surface area contributed by atoms with Crippen LogP contribution in [0, 0.1) is 21.2 Å². The van der Waals surface area contributed by atoms with E-state index in [9.17, 15) is 0 Å². The Morgan fingerprint density at radius 1 is 1.60 bits per heavy atom. The summed E-state index contributed by atoms with van der Waals surface area (Å²) in [6, 6.07) is 1.65. The normalized spacial score (nSPS) is 3.20. The van der Waals surface area contributed by atoms with Crippen LogP contribution in [-0.2, 0) is 0 Å². The maximum absolute atomic E-state index is 7.64. The van der Waals surface area contributed by atoms with Crippen molar-refractivity contribution < 1.29 is 0 Å². The van der Waals surface area contributed by atoms with Crippen molar-refractivity contribution in [2.45, 2.75) is 0 Å². The average molecular weight is 177 g/mol. The third-order valence-corrected chi connectivity index (χ3v) is 0.373. The van der Waals surface area contributed by atoms with Gasteiger partial charge in [-0.05, 0) is 3.93 Å². The molecule has 0 amide bonds. The molecule has 0 aliphatic rings. The monoisotopic (exact) mass is 177 g/mol. The highest BCUT2D eigenvalue weighted by molar-refractivity contribution is 14.1. The van der Waals surface area contributed by atoms with Crippen LogP contribution in [0.1, 0.15) is 0 Å². The number of hydrogen-bond acceptors (Lipinski definition) is 1. The van der Waals surface area contributed by atoms with Crippen molar-refractivity contribution in [2.24, 2.45) is 0 Å². The summed E-state index contributed by atoms with van der Waals surface area (Å²) in [4.78, 5) is 0. The predicted octanol–water partition coefficient (Wildman–Crippen LogP) is 0.906. The van der Waals surface area contributed by atoms with Gasteiger partial charge < -0.3 is 0 Å². The highest BCUT2D eigenvalue weighted by atomic mass is 127. The molecule has 0 aliphatic carbocycles. The first-order chi connectivity index (χ1) is 2.41. The van der Waals surface area contributed by atoms with Crippen LogP contribution in [-0.4, -0.2) is 0 Å². The van der Waals surface area contributed by atoms with Gasteiger partial charge in [-0.2, -0.15) is 5.26 Å². The summed E-state index contributed by atoms with van der Waals surface area (Å²) in [6.07, 6.45) is 0. The van der Waals surface area contributed by atoms with Crippen LogP contribution in [0.2, 0.25) is 0 Å². The van der Waals surface area contributed by atoms with Gasteiger partial charge in [0, 0.05) is 28.5 Å². The number of nitrogens with zero attached hydrogens (tertiary/aromatic N) is 1. The zero-order valence-electron chi connectivity index (χ0n) is 2.33. The van der Waals surface area contributed by atoms with Crippen LogP contribution in [0.5, 0.6) is 0 Å². The molecule has 0 N–H and O–H groups in total. The lowest BCUT2D eigenvalue weighted by molar-refractivity contribution is 1.55. The highest BCUT2D eigenvalue weighted by Crippen LogP contribution is 1.65. The molecule has 0 aliphatic heterocycles. The van der Waals surface area contributed by atoms with Crippen LogP contribution in [0.3, 0.4) is 0 Å². The number of rotatable bonds is 0. The second-order valence-electron chi connectivity index (χ2n) is 0.331. The lowest BCUT2D eigenvalue weighted by atomic mass is 10.8. The Morgan fingerprint density at radius 3 is 2.20 bits per heavy atom. The fourth-order valence-corrected chi connectivity index (χ4v) is 0.142. The summed E-state index contributed by atoms with van der Waals surface area (Å²) in [6.45, 7) is 0. The Balaban J connectivity index is 3.30. The van der Waals surface area contributed by atoms with Gasteiger partial charge >= 0.3 is 0 Å². The molecule has 0 rings (SSSR count). The van der Waals surface area contributed by atoms with Crippen LogP contribution >= 0.6 is 22.6 Å². The Kier molecular flexibility index (Phi) is 3.61. The molecule has 0 fully saturated rings. The summed E-state index contributed by atoms with van der Waals surface area (Å²) in [7, 11) is 0. The number of halogens is 1. The van der Waals surface area contributed by atoms with Gasteiger partial charge in [-0.15, -0.1) is 0 Å². The van der Waals surface area contributed by atoms with E-state index < -0.39 is 0 Å². The zero-order chi connectivity index (χ0) is 4.12. The van der Waals surface area contributed by atoms with E-state index >= 15 is 0 Å². The molecule has 0 heterocycles. The maximum atomic E-state index is 7.64. The van der Waals surface area contributed by atoms with E-state index in [0.29, 0.717) is 0 Å². The van der Waals surface area contributed by atoms with E-state index in [4.69, 9.17) is 5.26 Å². The highest BCUT2D eigenvalue weighted by Gasteiger charge is 1.43. The summed E-state index contributed by atoms with van der Waals surface area (Å²) in [5.74, 6) is 2.15. The van der Waals surface area contributed by atoms with E-state index in [1.54, 1.807) is 28.7 Å². The van der Waals surface area contributed by atoms with Gasteiger partial charge in [0.1, 0.15) is 0 Å². The van der Waals surface area contributed by atoms with Crippen molar-refractivity contribution in [3.8, 4) is 15.9 Å². The minimum atomic E-state index is 1.65. The number of hydrogen-bond donors (Lipinski definition) is 0. The first-order valence-corrected chi connectivity index (χ1v) is 1.99. The molecule has 0 saturated carbocycles. The molecular formula is C3IN. The molecule has 0 aromatic heterocycles. The molecule has 1 nitrogen and oxygen atoms in total. The molecule has 0 aromatic carbocycles. The molecule has 0 saturated heterocycles. The van der Waals surface area contributed by atoms with Crippen molar-refractivity contribution in [1.82, 2.24) is 0 Å². The maximum Gasteiger partial charge on any atom is 0.153 e. The van der Waals surface area contributed by atoms with Gasteiger partial charge in [0.05, 0.1) is 0 Å². The van der Waals surface area contributed by atoms with E-state index in [1.165, 1.54) is 0 Å². The van der Waals surface area contributed by atoms with Gasteiger partial charge in [-0.3, -0.25) is 0 Å². The molecule has 2 heteroatoms. The first kappa shape index (κ1) is 4.78.